The van der Waals surface area contributed by atoms with Crippen LogP contribution in [0.1, 0.15) is 316 Å². The Bertz CT molecular complexity index is 1360. The third kappa shape index (κ3) is 59.6. The molecule has 1 atom stereocenters. The van der Waals surface area contributed by atoms with E-state index in [1.807, 2.05) is 0 Å². The first-order valence-corrected chi connectivity index (χ1v) is 31.4. The predicted molar refractivity (Wildman–Crippen MR) is 316 cm³/mol. The number of carbonyl (C=O) groups excluding carboxylic acids is 3. The number of hydrogen-bond acceptors (Lipinski definition) is 6. The summed E-state index contributed by atoms with van der Waals surface area (Å²) >= 11 is 0. The van der Waals surface area contributed by atoms with Crippen LogP contribution in [-0.4, -0.2) is 37.2 Å². The van der Waals surface area contributed by atoms with Crippen LogP contribution < -0.4 is 0 Å². The second-order valence-electron chi connectivity index (χ2n) is 20.9. The number of ether oxygens (including phenoxy) is 3. The molecule has 0 aromatic heterocycles. The third-order valence-corrected chi connectivity index (χ3v) is 13.7. The molecule has 0 aliphatic rings. The van der Waals surface area contributed by atoms with Crippen molar-refractivity contribution < 1.29 is 28.6 Å². The van der Waals surface area contributed by atoms with E-state index in [-0.39, 0.29) is 31.1 Å². The minimum absolute atomic E-state index is 0.0760. The van der Waals surface area contributed by atoms with E-state index in [4.69, 9.17) is 14.2 Å². The van der Waals surface area contributed by atoms with Gasteiger partial charge in [-0.3, -0.25) is 14.4 Å². The lowest BCUT2D eigenvalue weighted by Gasteiger charge is -2.18. The van der Waals surface area contributed by atoms with Crippen LogP contribution in [0.25, 0.3) is 0 Å². The minimum Gasteiger partial charge on any atom is -0.462 e. The van der Waals surface area contributed by atoms with Gasteiger partial charge in [-0.15, -0.1) is 0 Å². The lowest BCUT2D eigenvalue weighted by atomic mass is 10.0. The molecule has 1 unspecified atom stereocenters. The molecule has 6 heteroatoms. The summed E-state index contributed by atoms with van der Waals surface area (Å²) in [5, 5.41) is 0. The molecule has 0 aromatic rings. The van der Waals surface area contributed by atoms with Crippen molar-refractivity contribution in [2.75, 3.05) is 13.2 Å². The molecule has 0 amide bonds. The third-order valence-electron chi connectivity index (χ3n) is 13.7. The van der Waals surface area contributed by atoms with E-state index in [0.29, 0.717) is 19.3 Å². The van der Waals surface area contributed by atoms with Crippen molar-refractivity contribution in [1.29, 1.82) is 0 Å². The van der Waals surface area contributed by atoms with Crippen molar-refractivity contribution in [1.82, 2.24) is 0 Å². The van der Waals surface area contributed by atoms with E-state index >= 15 is 0 Å². The number of rotatable bonds is 57. The first kappa shape index (κ1) is 69.8. The normalized spacial score (nSPS) is 12.5. The molecule has 0 radical (unpaired) electrons. The summed E-state index contributed by atoms with van der Waals surface area (Å²) in [5.74, 6) is -0.871. The molecular formula is C67H118O6. The molecule has 6 nitrogen and oxygen atoms in total. The standard InChI is InChI=1S/C67H118O6/c1-4-7-10-13-16-19-22-25-28-31-33-36-39-42-45-48-51-54-57-60-66(69)72-63-64(62-71-65(68)59-56-53-50-47-44-41-38-35-30-27-24-21-18-15-12-9-6-3)73-67(70)61-58-55-52-49-46-43-40-37-34-32-29-26-23-20-17-14-11-8-5-2/h7-8,10-11,16-17,19-20,25-26,28-29,64H,4-6,9,12-15,18,21-24,27,30-63H2,1-3H3/b10-7-,11-8-,19-16-,20-17-,28-25-,29-26-. The predicted octanol–water partition coefficient (Wildman–Crippen LogP) is 21.3. The van der Waals surface area contributed by atoms with E-state index in [9.17, 15) is 14.4 Å². The highest BCUT2D eigenvalue weighted by Gasteiger charge is 2.19. The second kappa shape index (κ2) is 61.4. The summed E-state index contributed by atoms with van der Waals surface area (Å²) in [5.41, 5.74) is 0. The first-order chi connectivity index (χ1) is 36.0. The van der Waals surface area contributed by atoms with Crippen LogP contribution in [0.4, 0.5) is 0 Å². The second-order valence-corrected chi connectivity index (χ2v) is 20.9. The fourth-order valence-electron chi connectivity index (χ4n) is 9.06. The Morgan fingerprint density at radius 3 is 0.836 bits per heavy atom. The lowest BCUT2D eigenvalue weighted by molar-refractivity contribution is -0.167. The Kier molecular flexibility index (Phi) is 58.7. The van der Waals surface area contributed by atoms with Gasteiger partial charge in [0.05, 0.1) is 0 Å². The van der Waals surface area contributed by atoms with Crippen LogP contribution >= 0.6 is 0 Å². The maximum Gasteiger partial charge on any atom is 0.306 e. The van der Waals surface area contributed by atoms with E-state index in [2.05, 4.69) is 93.7 Å². The van der Waals surface area contributed by atoms with Gasteiger partial charge in [-0.25, -0.2) is 0 Å². The number of allylic oxidation sites excluding steroid dienone is 12. The van der Waals surface area contributed by atoms with E-state index < -0.39 is 6.10 Å². The van der Waals surface area contributed by atoms with Crippen LogP contribution in [-0.2, 0) is 28.6 Å². The van der Waals surface area contributed by atoms with Crippen molar-refractivity contribution in [3.05, 3.63) is 72.9 Å². The summed E-state index contributed by atoms with van der Waals surface area (Å²) in [6.45, 7) is 6.46. The van der Waals surface area contributed by atoms with Gasteiger partial charge in [0.25, 0.3) is 0 Å². The molecule has 0 fully saturated rings. The molecular weight excluding hydrogens is 901 g/mol. The van der Waals surface area contributed by atoms with Crippen LogP contribution in [0.2, 0.25) is 0 Å². The van der Waals surface area contributed by atoms with E-state index in [1.165, 1.54) is 180 Å². The molecule has 0 bridgehead atoms. The maximum atomic E-state index is 12.9. The van der Waals surface area contributed by atoms with Gasteiger partial charge in [-0.1, -0.05) is 286 Å². The maximum absolute atomic E-state index is 12.9. The number of hydrogen-bond donors (Lipinski definition) is 0. The van der Waals surface area contributed by atoms with Gasteiger partial charge in [0, 0.05) is 19.3 Å². The number of unbranched alkanes of at least 4 members (excludes halogenated alkanes) is 34. The molecule has 0 heterocycles. The largest absolute Gasteiger partial charge is 0.462 e. The average Bonchev–Trinajstić information content (AvgIpc) is 3.39. The van der Waals surface area contributed by atoms with Crippen molar-refractivity contribution in [3.8, 4) is 0 Å². The molecule has 0 aliphatic heterocycles. The van der Waals surface area contributed by atoms with Gasteiger partial charge < -0.3 is 14.2 Å². The summed E-state index contributed by atoms with van der Waals surface area (Å²) in [7, 11) is 0. The molecule has 73 heavy (non-hydrogen) atoms. The van der Waals surface area contributed by atoms with Crippen LogP contribution in [0.5, 0.6) is 0 Å². The monoisotopic (exact) mass is 1020 g/mol. The number of carbonyl (C=O) groups is 3. The van der Waals surface area contributed by atoms with E-state index in [0.717, 1.165) is 96.3 Å². The van der Waals surface area contributed by atoms with Gasteiger partial charge in [0.1, 0.15) is 13.2 Å². The molecule has 0 saturated carbocycles. The van der Waals surface area contributed by atoms with Crippen molar-refractivity contribution in [2.45, 2.75) is 322 Å². The Morgan fingerprint density at radius 1 is 0.288 bits per heavy atom. The molecule has 0 N–H and O–H groups in total. The first-order valence-electron chi connectivity index (χ1n) is 31.4. The van der Waals surface area contributed by atoms with Crippen molar-refractivity contribution in [3.63, 3.8) is 0 Å². The molecule has 0 spiro atoms. The summed E-state index contributed by atoms with van der Waals surface area (Å²) in [6.07, 6.45) is 79.0. The number of esters is 3. The summed E-state index contributed by atoms with van der Waals surface area (Å²) in [6, 6.07) is 0. The zero-order chi connectivity index (χ0) is 52.9. The fourth-order valence-corrected chi connectivity index (χ4v) is 9.06. The topological polar surface area (TPSA) is 78.9 Å². The fraction of sp³-hybridized carbons (Fsp3) is 0.776. The Labute approximate surface area is 453 Å². The summed E-state index contributed by atoms with van der Waals surface area (Å²) < 4.78 is 16.9. The quantitative estimate of drug-likeness (QED) is 0.0261. The molecule has 422 valence electrons. The Morgan fingerprint density at radius 2 is 0.534 bits per heavy atom. The van der Waals surface area contributed by atoms with Gasteiger partial charge >= 0.3 is 17.9 Å². The smallest absolute Gasteiger partial charge is 0.306 e. The SMILES string of the molecule is CC/C=C\C/C=C\C/C=C\CCCCCCCCCCCC(=O)OCC(COC(=O)CCCCCCCCCCCCCCCCCCC)OC(=O)CCCCCCCCCCC/C=C\C/C=C\C/C=C\CC. The van der Waals surface area contributed by atoms with Gasteiger partial charge in [-0.2, -0.15) is 0 Å². The lowest BCUT2D eigenvalue weighted by Crippen LogP contribution is -2.30. The highest BCUT2D eigenvalue weighted by molar-refractivity contribution is 5.71. The average molecular weight is 1020 g/mol. The van der Waals surface area contributed by atoms with Crippen LogP contribution in [0.15, 0.2) is 72.9 Å². The Balaban J connectivity index is 4.37. The van der Waals surface area contributed by atoms with Crippen LogP contribution in [0.3, 0.4) is 0 Å². The Hall–Kier alpha value is -3.15. The van der Waals surface area contributed by atoms with Gasteiger partial charge in [0.2, 0.25) is 0 Å². The highest BCUT2D eigenvalue weighted by Crippen LogP contribution is 2.17. The van der Waals surface area contributed by atoms with E-state index in [1.54, 1.807) is 0 Å². The van der Waals surface area contributed by atoms with Gasteiger partial charge in [-0.05, 0) is 83.5 Å². The van der Waals surface area contributed by atoms with Crippen molar-refractivity contribution in [2.24, 2.45) is 0 Å². The van der Waals surface area contributed by atoms with Gasteiger partial charge in [0.15, 0.2) is 6.10 Å². The minimum atomic E-state index is -0.780. The zero-order valence-electron chi connectivity index (χ0n) is 48.4. The summed E-state index contributed by atoms with van der Waals surface area (Å²) in [4.78, 5) is 38.3. The van der Waals surface area contributed by atoms with Crippen LogP contribution in [0, 0.1) is 0 Å². The molecule has 0 aliphatic carbocycles. The molecule has 0 saturated heterocycles. The zero-order valence-corrected chi connectivity index (χ0v) is 48.4. The molecule has 0 rings (SSSR count). The van der Waals surface area contributed by atoms with Crippen molar-refractivity contribution >= 4 is 17.9 Å². The highest BCUT2D eigenvalue weighted by atomic mass is 16.6. The molecule has 0 aromatic carbocycles.